The maximum Gasteiger partial charge on any atom is 0.161 e. The summed E-state index contributed by atoms with van der Waals surface area (Å²) in [7, 11) is 3.37. The summed E-state index contributed by atoms with van der Waals surface area (Å²) in [5, 5.41) is 0. The Hall–Kier alpha value is -2.79. The number of benzene rings is 1. The van der Waals surface area contributed by atoms with Crippen LogP contribution in [0.3, 0.4) is 0 Å². The van der Waals surface area contributed by atoms with E-state index in [1.807, 2.05) is 12.3 Å². The first-order valence-corrected chi connectivity index (χ1v) is 8.81. The highest BCUT2D eigenvalue weighted by atomic mass is 16.5. The van der Waals surface area contributed by atoms with Gasteiger partial charge in [0.15, 0.2) is 11.5 Å². The zero-order chi connectivity index (χ0) is 17.9. The summed E-state index contributed by atoms with van der Waals surface area (Å²) in [5.41, 5.74) is 5.02. The summed E-state index contributed by atoms with van der Waals surface area (Å²) in [6.45, 7) is 2.84. The molecule has 3 aromatic rings. The van der Waals surface area contributed by atoms with Crippen LogP contribution in [0, 0.1) is 0 Å². The molecular weight excluding hydrogens is 326 g/mol. The van der Waals surface area contributed by atoms with Crippen molar-refractivity contribution in [2.75, 3.05) is 20.8 Å². The van der Waals surface area contributed by atoms with Gasteiger partial charge in [-0.1, -0.05) is 0 Å². The Balaban J connectivity index is 1.55. The lowest BCUT2D eigenvalue weighted by Gasteiger charge is -2.29. The molecule has 0 saturated heterocycles. The number of hydrogen-bond donors (Lipinski definition) is 0. The Morgan fingerprint density at radius 3 is 2.58 bits per heavy atom. The molecule has 0 aliphatic carbocycles. The van der Waals surface area contributed by atoms with Crippen LogP contribution in [0.5, 0.6) is 11.5 Å². The number of ether oxygens (including phenoxy) is 2. The highest BCUT2D eigenvalue weighted by Crippen LogP contribution is 2.33. The fraction of sp³-hybridized carbons (Fsp3) is 0.286. The summed E-state index contributed by atoms with van der Waals surface area (Å²) in [5.74, 6) is 1.61. The van der Waals surface area contributed by atoms with Gasteiger partial charge in [-0.3, -0.25) is 9.88 Å². The van der Waals surface area contributed by atoms with Crippen molar-refractivity contribution < 1.29 is 9.47 Å². The zero-order valence-corrected chi connectivity index (χ0v) is 15.2. The zero-order valence-electron chi connectivity index (χ0n) is 15.2. The molecule has 0 amide bonds. The van der Waals surface area contributed by atoms with Crippen LogP contribution in [0.1, 0.15) is 16.8 Å². The molecule has 1 aliphatic heterocycles. The quantitative estimate of drug-likeness (QED) is 0.707. The van der Waals surface area contributed by atoms with Crippen LogP contribution in [0.25, 0.3) is 5.69 Å². The number of methoxy groups -OCH3 is 2. The number of aromatic nitrogens is 2. The van der Waals surface area contributed by atoms with Crippen molar-refractivity contribution in [2.45, 2.75) is 19.5 Å². The third kappa shape index (κ3) is 3.18. The lowest BCUT2D eigenvalue weighted by molar-refractivity contribution is 0.240. The molecule has 0 radical (unpaired) electrons. The molecule has 0 fully saturated rings. The van der Waals surface area contributed by atoms with Crippen LogP contribution >= 0.6 is 0 Å². The number of nitrogens with zero attached hydrogens (tertiary/aromatic N) is 3. The summed E-state index contributed by atoms with van der Waals surface area (Å²) in [6, 6.07) is 12.5. The Kier molecular flexibility index (Phi) is 4.63. The average Bonchev–Trinajstić information content (AvgIpc) is 3.15. The van der Waals surface area contributed by atoms with Gasteiger partial charge in [-0.15, -0.1) is 0 Å². The van der Waals surface area contributed by atoms with Crippen LogP contribution in [-0.4, -0.2) is 35.2 Å². The van der Waals surface area contributed by atoms with Gasteiger partial charge >= 0.3 is 0 Å². The topological polar surface area (TPSA) is 39.5 Å². The molecule has 0 bridgehead atoms. The first-order chi connectivity index (χ1) is 12.8. The molecule has 5 heteroatoms. The van der Waals surface area contributed by atoms with Crippen molar-refractivity contribution in [3.8, 4) is 17.2 Å². The van der Waals surface area contributed by atoms with E-state index in [9.17, 15) is 0 Å². The molecule has 3 heterocycles. The van der Waals surface area contributed by atoms with Crippen LogP contribution < -0.4 is 9.47 Å². The van der Waals surface area contributed by atoms with Gasteiger partial charge in [0.2, 0.25) is 0 Å². The molecule has 0 N–H and O–H groups in total. The lowest BCUT2D eigenvalue weighted by atomic mass is 9.98. The van der Waals surface area contributed by atoms with Crippen LogP contribution in [0.2, 0.25) is 0 Å². The van der Waals surface area contributed by atoms with Gasteiger partial charge in [-0.2, -0.15) is 0 Å². The van der Waals surface area contributed by atoms with E-state index in [0.29, 0.717) is 0 Å². The van der Waals surface area contributed by atoms with Crippen LogP contribution in [-0.2, 0) is 19.5 Å². The minimum atomic E-state index is 0.798. The van der Waals surface area contributed by atoms with E-state index in [-0.39, 0.29) is 0 Å². The molecule has 0 atom stereocenters. The molecule has 0 unspecified atom stereocenters. The Morgan fingerprint density at radius 1 is 1.04 bits per heavy atom. The Labute approximate surface area is 153 Å². The van der Waals surface area contributed by atoms with Crippen molar-refractivity contribution in [3.05, 3.63) is 71.8 Å². The molecule has 5 nitrogen and oxygen atoms in total. The Morgan fingerprint density at radius 2 is 1.85 bits per heavy atom. The standard InChI is InChI=1S/C21H23N3O2/c1-25-20-11-16-7-10-23(14-17(16)12-21(20)26-2)15-19-6-4-9-24(19)18-5-3-8-22-13-18/h3-6,8-9,11-13H,7,10,14-15H2,1-2H3. The van der Waals surface area contributed by atoms with Gasteiger partial charge in [0.25, 0.3) is 0 Å². The van der Waals surface area contributed by atoms with Gasteiger partial charge in [-0.05, 0) is 53.9 Å². The van der Waals surface area contributed by atoms with Gasteiger partial charge in [0.1, 0.15) is 0 Å². The second kappa shape index (κ2) is 7.22. The number of fused-ring (bicyclic) bond motifs is 1. The smallest absolute Gasteiger partial charge is 0.161 e. The summed E-state index contributed by atoms with van der Waals surface area (Å²) >= 11 is 0. The van der Waals surface area contributed by atoms with E-state index in [1.165, 1.54) is 16.8 Å². The van der Waals surface area contributed by atoms with Crippen molar-refractivity contribution >= 4 is 0 Å². The molecule has 0 spiro atoms. The molecule has 134 valence electrons. The normalized spacial score (nSPS) is 14.1. The van der Waals surface area contributed by atoms with Crippen molar-refractivity contribution in [2.24, 2.45) is 0 Å². The predicted molar refractivity (Wildman–Crippen MR) is 101 cm³/mol. The minimum absolute atomic E-state index is 0.798. The van der Waals surface area contributed by atoms with E-state index in [0.717, 1.165) is 43.2 Å². The van der Waals surface area contributed by atoms with Gasteiger partial charge in [0.05, 0.1) is 26.1 Å². The van der Waals surface area contributed by atoms with E-state index < -0.39 is 0 Å². The van der Waals surface area contributed by atoms with Gasteiger partial charge in [0, 0.05) is 37.7 Å². The van der Waals surface area contributed by atoms with Gasteiger partial charge in [-0.25, -0.2) is 0 Å². The lowest BCUT2D eigenvalue weighted by Crippen LogP contribution is -2.30. The molecule has 2 aromatic heterocycles. The van der Waals surface area contributed by atoms with E-state index in [2.05, 4.69) is 51.0 Å². The molecule has 26 heavy (non-hydrogen) atoms. The van der Waals surface area contributed by atoms with Crippen molar-refractivity contribution in [1.82, 2.24) is 14.5 Å². The maximum absolute atomic E-state index is 5.47. The second-order valence-electron chi connectivity index (χ2n) is 6.52. The van der Waals surface area contributed by atoms with E-state index in [1.54, 1.807) is 20.4 Å². The molecular formula is C21H23N3O2. The minimum Gasteiger partial charge on any atom is -0.493 e. The van der Waals surface area contributed by atoms with Crippen molar-refractivity contribution in [3.63, 3.8) is 0 Å². The van der Waals surface area contributed by atoms with E-state index >= 15 is 0 Å². The van der Waals surface area contributed by atoms with Crippen molar-refractivity contribution in [1.29, 1.82) is 0 Å². The Bertz CT molecular complexity index is 890. The fourth-order valence-electron chi connectivity index (χ4n) is 3.60. The number of rotatable bonds is 5. The average molecular weight is 349 g/mol. The third-order valence-electron chi connectivity index (χ3n) is 4.94. The maximum atomic E-state index is 5.47. The third-order valence-corrected chi connectivity index (χ3v) is 4.94. The molecule has 0 saturated carbocycles. The first kappa shape index (κ1) is 16.7. The highest BCUT2D eigenvalue weighted by molar-refractivity contribution is 5.48. The highest BCUT2D eigenvalue weighted by Gasteiger charge is 2.20. The summed E-state index contributed by atoms with van der Waals surface area (Å²) < 4.78 is 13.1. The number of hydrogen-bond acceptors (Lipinski definition) is 4. The first-order valence-electron chi connectivity index (χ1n) is 8.81. The number of pyridine rings is 1. The monoisotopic (exact) mass is 349 g/mol. The fourth-order valence-corrected chi connectivity index (χ4v) is 3.60. The van der Waals surface area contributed by atoms with E-state index in [4.69, 9.17) is 9.47 Å². The molecule has 1 aliphatic rings. The molecule has 1 aromatic carbocycles. The predicted octanol–water partition coefficient (Wildman–Crippen LogP) is 3.45. The van der Waals surface area contributed by atoms with Gasteiger partial charge < -0.3 is 14.0 Å². The second-order valence-corrected chi connectivity index (χ2v) is 6.52. The summed E-state index contributed by atoms with van der Waals surface area (Å²) in [4.78, 5) is 6.70. The summed E-state index contributed by atoms with van der Waals surface area (Å²) in [6.07, 6.45) is 6.81. The molecule has 4 rings (SSSR count). The SMILES string of the molecule is COc1cc2c(cc1OC)CN(Cc1cccn1-c1cccnc1)CC2. The van der Waals surface area contributed by atoms with Crippen LogP contribution in [0.4, 0.5) is 0 Å². The van der Waals surface area contributed by atoms with Crippen LogP contribution in [0.15, 0.2) is 55.0 Å². The largest absolute Gasteiger partial charge is 0.493 e.